The first-order chi connectivity index (χ1) is 14.9. The van der Waals surface area contributed by atoms with Crippen LogP contribution in [-0.4, -0.2) is 37.1 Å². The molecule has 0 aliphatic heterocycles. The molecule has 31 heavy (non-hydrogen) atoms. The molecule has 0 aliphatic carbocycles. The van der Waals surface area contributed by atoms with Crippen molar-refractivity contribution in [1.29, 1.82) is 0 Å². The van der Waals surface area contributed by atoms with Crippen molar-refractivity contribution in [1.82, 2.24) is 0 Å². The van der Waals surface area contributed by atoms with E-state index in [0.29, 0.717) is 22.6 Å². The number of rotatable bonds is 7. The van der Waals surface area contributed by atoms with E-state index in [1.165, 1.54) is 32.4 Å². The van der Waals surface area contributed by atoms with Crippen molar-refractivity contribution in [3.8, 4) is 11.5 Å². The van der Waals surface area contributed by atoms with Crippen LogP contribution in [0.3, 0.4) is 0 Å². The summed E-state index contributed by atoms with van der Waals surface area (Å²) in [6.45, 7) is 0. The molecular formula is C23H20N2O6. The molecule has 0 radical (unpaired) electrons. The third kappa shape index (κ3) is 5.18. The lowest BCUT2D eigenvalue weighted by atomic mass is 10.1. The summed E-state index contributed by atoms with van der Waals surface area (Å²) in [5.41, 5.74) is 1.09. The van der Waals surface area contributed by atoms with Gasteiger partial charge in [0.1, 0.15) is 11.5 Å². The summed E-state index contributed by atoms with van der Waals surface area (Å²) in [7, 11) is 3.04. The Labute approximate surface area is 178 Å². The van der Waals surface area contributed by atoms with Crippen molar-refractivity contribution in [3.05, 3.63) is 83.4 Å². The minimum atomic E-state index is -1.16. The van der Waals surface area contributed by atoms with Gasteiger partial charge in [0.2, 0.25) is 0 Å². The van der Waals surface area contributed by atoms with Gasteiger partial charge in [-0.25, -0.2) is 4.79 Å². The van der Waals surface area contributed by atoms with E-state index in [0.717, 1.165) is 0 Å². The second-order valence-electron chi connectivity index (χ2n) is 6.43. The number of carbonyl (C=O) groups excluding carboxylic acids is 2. The second kappa shape index (κ2) is 9.45. The van der Waals surface area contributed by atoms with Gasteiger partial charge in [0.25, 0.3) is 11.8 Å². The Hall–Kier alpha value is -4.33. The average Bonchev–Trinajstić information content (AvgIpc) is 2.80. The lowest BCUT2D eigenvalue weighted by Crippen LogP contribution is -2.17. The number of anilines is 2. The number of aromatic carboxylic acids is 1. The quantitative estimate of drug-likeness (QED) is 0.534. The van der Waals surface area contributed by atoms with Crippen molar-refractivity contribution in [3.63, 3.8) is 0 Å². The first-order valence-corrected chi connectivity index (χ1v) is 9.19. The zero-order valence-electron chi connectivity index (χ0n) is 16.8. The summed E-state index contributed by atoms with van der Waals surface area (Å²) < 4.78 is 10.2. The van der Waals surface area contributed by atoms with E-state index >= 15 is 0 Å². The first kappa shape index (κ1) is 21.4. The van der Waals surface area contributed by atoms with Gasteiger partial charge in [-0.1, -0.05) is 0 Å². The van der Waals surface area contributed by atoms with E-state index in [1.807, 2.05) is 0 Å². The SMILES string of the molecule is COc1ccc(C(=O)Nc2ccc(C(=O)O)cc2NC(=O)c2ccc(OC)cc2)cc1. The number of ether oxygens (including phenoxy) is 2. The molecule has 0 heterocycles. The number of benzene rings is 3. The smallest absolute Gasteiger partial charge is 0.335 e. The molecule has 2 amide bonds. The van der Waals surface area contributed by atoms with Gasteiger partial charge in [-0.05, 0) is 66.7 Å². The molecule has 0 bridgehead atoms. The molecule has 158 valence electrons. The fourth-order valence-corrected chi connectivity index (χ4v) is 2.76. The molecular weight excluding hydrogens is 400 g/mol. The maximum atomic E-state index is 12.6. The largest absolute Gasteiger partial charge is 0.497 e. The Bertz CT molecular complexity index is 1110. The van der Waals surface area contributed by atoms with Crippen molar-refractivity contribution < 1.29 is 29.0 Å². The molecule has 0 fully saturated rings. The van der Waals surface area contributed by atoms with Gasteiger partial charge in [0, 0.05) is 11.1 Å². The molecule has 0 spiro atoms. The number of carbonyl (C=O) groups is 3. The summed E-state index contributed by atoms with van der Waals surface area (Å²) in [4.78, 5) is 36.6. The van der Waals surface area contributed by atoms with Crippen LogP contribution in [0, 0.1) is 0 Å². The fraction of sp³-hybridized carbons (Fsp3) is 0.0870. The lowest BCUT2D eigenvalue weighted by Gasteiger charge is -2.14. The normalized spacial score (nSPS) is 10.1. The Balaban J connectivity index is 1.86. The van der Waals surface area contributed by atoms with E-state index in [9.17, 15) is 19.5 Å². The number of carboxylic acid groups (broad SMARTS) is 1. The molecule has 3 rings (SSSR count). The van der Waals surface area contributed by atoms with Crippen LogP contribution >= 0.6 is 0 Å². The highest BCUT2D eigenvalue weighted by molar-refractivity contribution is 6.10. The van der Waals surface area contributed by atoms with Crippen molar-refractivity contribution in [2.24, 2.45) is 0 Å². The minimum absolute atomic E-state index is 0.0347. The van der Waals surface area contributed by atoms with Gasteiger partial charge < -0.3 is 25.2 Å². The third-order valence-corrected chi connectivity index (χ3v) is 4.47. The van der Waals surface area contributed by atoms with Crippen LogP contribution < -0.4 is 20.1 Å². The van der Waals surface area contributed by atoms with E-state index in [1.54, 1.807) is 48.5 Å². The van der Waals surface area contributed by atoms with Crippen LogP contribution in [0.1, 0.15) is 31.1 Å². The first-order valence-electron chi connectivity index (χ1n) is 9.19. The number of methoxy groups -OCH3 is 2. The predicted molar refractivity (Wildman–Crippen MR) is 115 cm³/mol. The molecule has 8 nitrogen and oxygen atoms in total. The molecule has 0 aromatic heterocycles. The van der Waals surface area contributed by atoms with Crippen LogP contribution in [0.15, 0.2) is 66.7 Å². The van der Waals surface area contributed by atoms with Gasteiger partial charge in [-0.3, -0.25) is 9.59 Å². The predicted octanol–water partition coefficient (Wildman–Crippen LogP) is 3.91. The summed E-state index contributed by atoms with van der Waals surface area (Å²) in [5, 5.41) is 14.6. The Morgan fingerprint density at radius 2 is 1.06 bits per heavy atom. The molecule has 0 saturated carbocycles. The highest BCUT2D eigenvalue weighted by Crippen LogP contribution is 2.25. The van der Waals surface area contributed by atoms with Crippen LogP contribution in [0.25, 0.3) is 0 Å². The van der Waals surface area contributed by atoms with Gasteiger partial charge in [0.05, 0.1) is 31.2 Å². The second-order valence-corrected chi connectivity index (χ2v) is 6.43. The Morgan fingerprint density at radius 1 is 0.645 bits per heavy atom. The van der Waals surface area contributed by atoms with E-state index in [-0.39, 0.29) is 16.9 Å². The Kier molecular flexibility index (Phi) is 6.51. The molecule has 0 atom stereocenters. The maximum Gasteiger partial charge on any atom is 0.335 e. The van der Waals surface area contributed by atoms with Crippen LogP contribution in [0.5, 0.6) is 11.5 Å². The van der Waals surface area contributed by atoms with Crippen molar-refractivity contribution in [2.75, 3.05) is 24.9 Å². The molecule has 8 heteroatoms. The zero-order valence-corrected chi connectivity index (χ0v) is 16.8. The summed E-state index contributed by atoms with van der Waals surface area (Å²) in [5.74, 6) is -0.851. The highest BCUT2D eigenvalue weighted by Gasteiger charge is 2.15. The van der Waals surface area contributed by atoms with E-state index in [4.69, 9.17) is 9.47 Å². The molecule has 3 aromatic carbocycles. The maximum absolute atomic E-state index is 12.6. The van der Waals surface area contributed by atoms with Crippen molar-refractivity contribution >= 4 is 29.2 Å². The van der Waals surface area contributed by atoms with Gasteiger partial charge >= 0.3 is 5.97 Å². The summed E-state index contributed by atoms with van der Waals surface area (Å²) in [6, 6.07) is 16.9. The van der Waals surface area contributed by atoms with E-state index in [2.05, 4.69) is 10.6 Å². The monoisotopic (exact) mass is 420 g/mol. The zero-order chi connectivity index (χ0) is 22.4. The molecule has 0 aliphatic rings. The number of amides is 2. The average molecular weight is 420 g/mol. The molecule has 0 unspecified atom stereocenters. The van der Waals surface area contributed by atoms with Crippen LogP contribution in [-0.2, 0) is 0 Å². The number of hydrogen-bond donors (Lipinski definition) is 3. The Morgan fingerprint density at radius 3 is 1.48 bits per heavy atom. The number of carboxylic acids is 1. The van der Waals surface area contributed by atoms with Gasteiger partial charge in [0.15, 0.2) is 0 Å². The summed E-state index contributed by atoms with van der Waals surface area (Å²) in [6.07, 6.45) is 0. The third-order valence-electron chi connectivity index (χ3n) is 4.47. The number of hydrogen-bond acceptors (Lipinski definition) is 5. The van der Waals surface area contributed by atoms with Crippen molar-refractivity contribution in [2.45, 2.75) is 0 Å². The highest BCUT2D eigenvalue weighted by atomic mass is 16.5. The van der Waals surface area contributed by atoms with Gasteiger partial charge in [-0.2, -0.15) is 0 Å². The number of nitrogens with one attached hydrogen (secondary N) is 2. The minimum Gasteiger partial charge on any atom is -0.497 e. The van der Waals surface area contributed by atoms with E-state index < -0.39 is 17.8 Å². The lowest BCUT2D eigenvalue weighted by molar-refractivity contribution is 0.0696. The van der Waals surface area contributed by atoms with Crippen LogP contribution in [0.4, 0.5) is 11.4 Å². The standard InChI is InChI=1S/C23H20N2O6/c1-30-17-8-3-14(4-9-17)21(26)24-19-12-7-16(23(28)29)13-20(19)25-22(27)15-5-10-18(31-2)11-6-15/h3-13H,1-2H3,(H,24,26)(H,25,27)(H,28,29). The van der Waals surface area contributed by atoms with Crippen LogP contribution in [0.2, 0.25) is 0 Å². The molecule has 3 N–H and O–H groups in total. The summed E-state index contributed by atoms with van der Waals surface area (Å²) >= 11 is 0. The fourth-order valence-electron chi connectivity index (χ4n) is 2.76. The molecule has 3 aromatic rings. The molecule has 0 saturated heterocycles. The topological polar surface area (TPSA) is 114 Å². The van der Waals surface area contributed by atoms with Gasteiger partial charge in [-0.15, -0.1) is 0 Å².